The van der Waals surface area contributed by atoms with Gasteiger partial charge >= 0.3 is 6.18 Å². The van der Waals surface area contributed by atoms with Crippen LogP contribution in [0.5, 0.6) is 5.75 Å². The highest BCUT2D eigenvalue weighted by Gasteiger charge is 2.39. The van der Waals surface area contributed by atoms with Gasteiger partial charge in [-0.05, 0) is 0 Å². The van der Waals surface area contributed by atoms with Gasteiger partial charge in [-0.3, -0.25) is 0 Å². The van der Waals surface area contributed by atoms with Crippen molar-refractivity contribution in [1.82, 2.24) is 0 Å². The van der Waals surface area contributed by atoms with Crippen molar-refractivity contribution in [3.63, 3.8) is 0 Å². The number of para-hydroxylation sites is 1. The Kier molecular flexibility index (Phi) is 3.21. The maximum absolute atomic E-state index is 12.3. The Morgan fingerprint density at radius 1 is 1.33 bits per heavy atom. The lowest BCUT2D eigenvalue weighted by Gasteiger charge is -2.18. The van der Waals surface area contributed by atoms with Crippen LogP contribution >= 0.6 is 0 Å². The van der Waals surface area contributed by atoms with E-state index in [0.29, 0.717) is 0 Å². The predicted octanol–water partition coefficient (Wildman–Crippen LogP) is 1.45. The van der Waals surface area contributed by atoms with Crippen LogP contribution in [-0.4, -0.2) is 16.4 Å². The van der Waals surface area contributed by atoms with Gasteiger partial charge in [-0.2, -0.15) is 13.2 Å². The first kappa shape index (κ1) is 11.8. The average Bonchev–Trinajstić information content (AvgIpc) is 2.16. The lowest BCUT2D eigenvalue weighted by molar-refractivity contribution is -0.149. The maximum Gasteiger partial charge on any atom is 0.407 e. The Morgan fingerprint density at radius 2 is 1.93 bits per heavy atom. The van der Waals surface area contributed by atoms with Gasteiger partial charge in [0.05, 0.1) is 6.61 Å². The Balaban J connectivity index is 3.15. The summed E-state index contributed by atoms with van der Waals surface area (Å²) in [7, 11) is 0. The van der Waals surface area contributed by atoms with Crippen LogP contribution in [0.1, 0.15) is 17.2 Å². The third-order valence-corrected chi connectivity index (χ3v) is 2.01. The molecule has 4 N–H and O–H groups in total. The highest BCUT2D eigenvalue weighted by molar-refractivity contribution is 5.42. The molecular weight excluding hydrogens is 211 g/mol. The quantitative estimate of drug-likeness (QED) is 0.708. The van der Waals surface area contributed by atoms with E-state index < -0.39 is 30.1 Å². The molecule has 0 aliphatic heterocycles. The van der Waals surface area contributed by atoms with Crippen LogP contribution in [0.3, 0.4) is 0 Å². The van der Waals surface area contributed by atoms with Gasteiger partial charge in [0.1, 0.15) is 11.8 Å². The second-order valence-corrected chi connectivity index (χ2v) is 3.03. The number of aromatic hydroxyl groups is 1. The zero-order chi connectivity index (χ0) is 11.6. The van der Waals surface area contributed by atoms with Gasteiger partial charge in [-0.1, -0.05) is 18.2 Å². The number of halogens is 3. The monoisotopic (exact) mass is 221 g/mol. The minimum absolute atomic E-state index is 0.0206. The molecule has 1 rings (SSSR count). The number of benzene rings is 1. The van der Waals surface area contributed by atoms with E-state index in [9.17, 15) is 18.3 Å². The molecule has 15 heavy (non-hydrogen) atoms. The van der Waals surface area contributed by atoms with Crippen molar-refractivity contribution in [2.45, 2.75) is 18.8 Å². The average molecular weight is 221 g/mol. The number of hydrogen-bond acceptors (Lipinski definition) is 3. The molecule has 0 unspecified atom stereocenters. The minimum Gasteiger partial charge on any atom is -0.507 e. The molecule has 0 radical (unpaired) electrons. The van der Waals surface area contributed by atoms with Crippen LogP contribution in [0, 0.1) is 0 Å². The molecule has 0 amide bonds. The number of hydrogen-bond donors (Lipinski definition) is 3. The lowest BCUT2D eigenvalue weighted by Crippen LogP contribution is -2.28. The third-order valence-electron chi connectivity index (χ3n) is 2.01. The first-order valence-corrected chi connectivity index (χ1v) is 4.12. The second kappa shape index (κ2) is 4.08. The zero-order valence-corrected chi connectivity index (χ0v) is 7.62. The molecule has 0 aromatic heterocycles. The number of nitrogens with two attached hydrogens (primary N) is 1. The van der Waals surface area contributed by atoms with Crippen molar-refractivity contribution in [2.75, 3.05) is 0 Å². The van der Waals surface area contributed by atoms with Gasteiger partial charge in [0, 0.05) is 11.1 Å². The fourth-order valence-electron chi connectivity index (χ4n) is 1.17. The summed E-state index contributed by atoms with van der Waals surface area (Å²) < 4.78 is 36.8. The van der Waals surface area contributed by atoms with Crippen molar-refractivity contribution >= 4 is 0 Å². The van der Waals surface area contributed by atoms with E-state index in [-0.39, 0.29) is 5.56 Å². The third kappa shape index (κ3) is 2.40. The SMILES string of the molecule is N[C@H](c1cccc(CO)c1O)C(F)(F)F. The predicted molar refractivity (Wildman–Crippen MR) is 47.0 cm³/mol. The van der Waals surface area contributed by atoms with Crippen LogP contribution in [-0.2, 0) is 6.61 Å². The van der Waals surface area contributed by atoms with Crippen molar-refractivity contribution in [1.29, 1.82) is 0 Å². The Hall–Kier alpha value is -1.27. The van der Waals surface area contributed by atoms with E-state index in [2.05, 4.69) is 0 Å². The molecule has 1 aromatic rings. The van der Waals surface area contributed by atoms with E-state index >= 15 is 0 Å². The molecule has 1 atom stereocenters. The highest BCUT2D eigenvalue weighted by Crippen LogP contribution is 2.36. The molecule has 84 valence electrons. The van der Waals surface area contributed by atoms with Gasteiger partial charge in [-0.25, -0.2) is 0 Å². The van der Waals surface area contributed by atoms with Crippen molar-refractivity contribution < 1.29 is 23.4 Å². The summed E-state index contributed by atoms with van der Waals surface area (Å²) in [5.41, 5.74) is 4.51. The zero-order valence-electron chi connectivity index (χ0n) is 7.62. The molecule has 0 saturated carbocycles. The van der Waals surface area contributed by atoms with Crippen LogP contribution in [0.15, 0.2) is 18.2 Å². The van der Waals surface area contributed by atoms with Gasteiger partial charge in [0.25, 0.3) is 0 Å². The fourth-order valence-corrected chi connectivity index (χ4v) is 1.17. The fraction of sp³-hybridized carbons (Fsp3) is 0.333. The summed E-state index contributed by atoms with van der Waals surface area (Å²) in [5, 5.41) is 18.1. The first-order valence-electron chi connectivity index (χ1n) is 4.12. The van der Waals surface area contributed by atoms with E-state index in [1.54, 1.807) is 0 Å². The van der Waals surface area contributed by atoms with Crippen LogP contribution in [0.2, 0.25) is 0 Å². The minimum atomic E-state index is -4.62. The standard InChI is InChI=1S/C9H10F3NO2/c10-9(11,12)8(13)6-3-1-2-5(4-14)7(6)15/h1-3,8,14-15H,4,13H2/t8-/m1/s1. The summed E-state index contributed by atoms with van der Waals surface area (Å²) in [6.07, 6.45) is -4.62. The number of rotatable bonds is 2. The highest BCUT2D eigenvalue weighted by atomic mass is 19.4. The van der Waals surface area contributed by atoms with Gasteiger partial charge < -0.3 is 15.9 Å². The number of phenols is 1. The topological polar surface area (TPSA) is 66.5 Å². The summed E-state index contributed by atoms with van der Waals surface area (Å²) in [5.74, 6) is -0.607. The normalized spacial score (nSPS) is 13.9. The Labute approximate surface area is 84.0 Å². The molecule has 6 heteroatoms. The largest absolute Gasteiger partial charge is 0.507 e. The smallest absolute Gasteiger partial charge is 0.407 e. The van der Waals surface area contributed by atoms with E-state index in [1.165, 1.54) is 12.1 Å². The molecule has 0 aliphatic rings. The summed E-state index contributed by atoms with van der Waals surface area (Å²) >= 11 is 0. The van der Waals surface area contributed by atoms with Crippen molar-refractivity contribution in [3.8, 4) is 5.75 Å². The van der Waals surface area contributed by atoms with Crippen LogP contribution < -0.4 is 5.73 Å². The second-order valence-electron chi connectivity index (χ2n) is 3.03. The van der Waals surface area contributed by atoms with Crippen LogP contribution in [0.25, 0.3) is 0 Å². The molecule has 0 heterocycles. The van der Waals surface area contributed by atoms with Crippen molar-refractivity contribution in [2.24, 2.45) is 5.73 Å². The summed E-state index contributed by atoms with van der Waals surface area (Å²) in [6.45, 7) is -0.537. The van der Waals surface area contributed by atoms with Crippen LogP contribution in [0.4, 0.5) is 13.2 Å². The molecule has 0 saturated heterocycles. The number of alkyl halides is 3. The van der Waals surface area contributed by atoms with Crippen molar-refractivity contribution in [3.05, 3.63) is 29.3 Å². The van der Waals surface area contributed by atoms with E-state index in [4.69, 9.17) is 10.8 Å². The molecular formula is C9H10F3NO2. The molecule has 3 nitrogen and oxygen atoms in total. The van der Waals surface area contributed by atoms with Gasteiger partial charge in [0.2, 0.25) is 0 Å². The summed E-state index contributed by atoms with van der Waals surface area (Å²) in [6, 6.07) is 1.45. The molecule has 0 fully saturated rings. The van der Waals surface area contributed by atoms with Gasteiger partial charge in [-0.15, -0.1) is 0 Å². The summed E-state index contributed by atoms with van der Waals surface area (Å²) in [4.78, 5) is 0. The Bertz CT molecular complexity index is 352. The number of aliphatic hydroxyl groups is 1. The molecule has 0 spiro atoms. The molecule has 1 aromatic carbocycles. The van der Waals surface area contributed by atoms with E-state index in [1.807, 2.05) is 0 Å². The first-order chi connectivity index (χ1) is 6.88. The number of aliphatic hydroxyl groups excluding tert-OH is 1. The Morgan fingerprint density at radius 3 is 2.40 bits per heavy atom. The molecule has 0 bridgehead atoms. The maximum atomic E-state index is 12.3. The van der Waals surface area contributed by atoms with E-state index in [0.717, 1.165) is 6.07 Å². The molecule has 0 aliphatic carbocycles. The van der Waals surface area contributed by atoms with Gasteiger partial charge in [0.15, 0.2) is 0 Å². The lowest BCUT2D eigenvalue weighted by atomic mass is 10.0.